The minimum absolute atomic E-state index is 0.217. The highest BCUT2D eigenvalue weighted by Crippen LogP contribution is 2.34. The molecule has 2 aromatic heterocycles. The van der Waals surface area contributed by atoms with E-state index in [1.807, 2.05) is 26.0 Å². The van der Waals surface area contributed by atoms with Crippen LogP contribution in [-0.2, 0) is 6.54 Å². The molecular formula is C20H22N2O3. The summed E-state index contributed by atoms with van der Waals surface area (Å²) in [4.78, 5) is 14.4. The maximum absolute atomic E-state index is 12.1. The van der Waals surface area contributed by atoms with Gasteiger partial charge < -0.3 is 8.94 Å². The van der Waals surface area contributed by atoms with Crippen LogP contribution in [0.3, 0.4) is 0 Å². The van der Waals surface area contributed by atoms with Gasteiger partial charge in [0.05, 0.1) is 11.7 Å². The Hall–Kier alpha value is -2.40. The number of rotatable bonds is 3. The lowest BCUT2D eigenvalue weighted by atomic mass is 10.0. The molecule has 1 atom stereocenters. The van der Waals surface area contributed by atoms with Gasteiger partial charge in [-0.15, -0.1) is 0 Å². The molecule has 1 saturated heterocycles. The Kier molecular flexibility index (Phi) is 3.96. The van der Waals surface area contributed by atoms with Crippen LogP contribution in [0.15, 0.2) is 38.0 Å². The van der Waals surface area contributed by atoms with Crippen LogP contribution < -0.4 is 5.63 Å². The first-order chi connectivity index (χ1) is 12.0. The quantitative estimate of drug-likeness (QED) is 0.675. The van der Waals surface area contributed by atoms with Gasteiger partial charge in [0.2, 0.25) is 0 Å². The number of nitrogens with zero attached hydrogens (tertiary/aromatic N) is 2. The van der Waals surface area contributed by atoms with E-state index in [1.165, 1.54) is 5.56 Å². The Morgan fingerprint density at radius 3 is 2.80 bits per heavy atom. The number of likely N-dealkylation sites (tertiary alicyclic amines) is 1. The van der Waals surface area contributed by atoms with Gasteiger partial charge in [0.1, 0.15) is 5.58 Å². The largest absolute Gasteiger partial charge is 0.422 e. The fraction of sp³-hybridized carbons (Fsp3) is 0.400. The van der Waals surface area contributed by atoms with Crippen LogP contribution in [0.4, 0.5) is 0 Å². The molecule has 0 radical (unpaired) electrons. The molecule has 4 rings (SSSR count). The summed E-state index contributed by atoms with van der Waals surface area (Å²) in [6.07, 6.45) is 2.16. The predicted molar refractivity (Wildman–Crippen MR) is 95.6 cm³/mol. The molecular weight excluding hydrogens is 316 g/mol. The van der Waals surface area contributed by atoms with E-state index in [0.29, 0.717) is 12.1 Å². The Balaban J connectivity index is 1.74. The van der Waals surface area contributed by atoms with Gasteiger partial charge in [-0.25, -0.2) is 4.79 Å². The molecule has 1 fully saturated rings. The fourth-order valence-electron chi connectivity index (χ4n) is 3.91. The van der Waals surface area contributed by atoms with Gasteiger partial charge in [0.15, 0.2) is 5.76 Å². The average molecular weight is 338 g/mol. The number of aromatic nitrogens is 1. The summed E-state index contributed by atoms with van der Waals surface area (Å²) in [6.45, 7) is 7.68. The molecule has 0 bridgehead atoms. The first-order valence-corrected chi connectivity index (χ1v) is 8.72. The summed E-state index contributed by atoms with van der Waals surface area (Å²) in [6, 6.07) is 8.00. The molecule has 5 nitrogen and oxygen atoms in total. The molecule has 5 heteroatoms. The fourth-order valence-corrected chi connectivity index (χ4v) is 3.91. The highest BCUT2D eigenvalue weighted by molar-refractivity contribution is 5.83. The van der Waals surface area contributed by atoms with Crippen molar-refractivity contribution in [3.05, 3.63) is 62.8 Å². The minimum atomic E-state index is -0.291. The van der Waals surface area contributed by atoms with E-state index in [2.05, 4.69) is 23.0 Å². The molecule has 3 heterocycles. The molecule has 1 aliphatic rings. The second-order valence-corrected chi connectivity index (χ2v) is 7.05. The highest BCUT2D eigenvalue weighted by atomic mass is 16.5. The third-order valence-corrected chi connectivity index (χ3v) is 4.97. The smallest absolute Gasteiger partial charge is 0.336 e. The number of fused-ring (bicyclic) bond motifs is 1. The zero-order valence-electron chi connectivity index (χ0n) is 14.8. The molecule has 0 spiro atoms. The second-order valence-electron chi connectivity index (χ2n) is 7.05. The first-order valence-electron chi connectivity index (χ1n) is 8.72. The topological polar surface area (TPSA) is 59.5 Å². The number of hydrogen-bond donors (Lipinski definition) is 0. The Morgan fingerprint density at radius 2 is 2.04 bits per heavy atom. The zero-order valence-corrected chi connectivity index (χ0v) is 14.8. The summed E-state index contributed by atoms with van der Waals surface area (Å²) in [5.74, 6) is 0.912. The zero-order chi connectivity index (χ0) is 17.6. The molecule has 25 heavy (non-hydrogen) atoms. The van der Waals surface area contributed by atoms with Crippen LogP contribution >= 0.6 is 0 Å². The van der Waals surface area contributed by atoms with Crippen molar-refractivity contribution in [2.45, 2.75) is 46.2 Å². The van der Waals surface area contributed by atoms with Crippen molar-refractivity contribution in [1.82, 2.24) is 10.1 Å². The van der Waals surface area contributed by atoms with Crippen LogP contribution in [0.2, 0.25) is 0 Å². The average Bonchev–Trinajstić information content (AvgIpc) is 3.17. The van der Waals surface area contributed by atoms with Gasteiger partial charge in [-0.05, 0) is 62.9 Å². The molecule has 3 aromatic rings. The van der Waals surface area contributed by atoms with Gasteiger partial charge >= 0.3 is 5.63 Å². The summed E-state index contributed by atoms with van der Waals surface area (Å²) in [5.41, 5.74) is 4.49. The van der Waals surface area contributed by atoms with Crippen molar-refractivity contribution < 1.29 is 8.94 Å². The predicted octanol–water partition coefficient (Wildman–Crippen LogP) is 4.04. The molecule has 1 aromatic carbocycles. The van der Waals surface area contributed by atoms with Crippen molar-refractivity contribution in [1.29, 1.82) is 0 Å². The van der Waals surface area contributed by atoms with E-state index in [4.69, 9.17) is 8.94 Å². The van der Waals surface area contributed by atoms with E-state index in [9.17, 15) is 4.79 Å². The van der Waals surface area contributed by atoms with Gasteiger partial charge in [-0.2, -0.15) is 0 Å². The van der Waals surface area contributed by atoms with Crippen LogP contribution in [0.5, 0.6) is 0 Å². The highest BCUT2D eigenvalue weighted by Gasteiger charge is 2.29. The summed E-state index contributed by atoms with van der Waals surface area (Å²) in [5, 5.41) is 5.05. The van der Waals surface area contributed by atoms with Gasteiger partial charge in [0.25, 0.3) is 0 Å². The normalized spacial score (nSPS) is 18.3. The first kappa shape index (κ1) is 16.1. The van der Waals surface area contributed by atoms with Crippen molar-refractivity contribution in [3.8, 4) is 0 Å². The van der Waals surface area contributed by atoms with E-state index in [-0.39, 0.29) is 11.7 Å². The number of aryl methyl sites for hydroxylation is 3. The Morgan fingerprint density at radius 1 is 1.20 bits per heavy atom. The van der Waals surface area contributed by atoms with Crippen LogP contribution in [-0.4, -0.2) is 16.6 Å². The number of benzene rings is 1. The SMILES string of the molecule is Cc1cc(C)c2oc(=O)cc(CN3CCC[C@H]3c3cc(C)no3)c2c1. The molecule has 0 aliphatic carbocycles. The monoisotopic (exact) mass is 338 g/mol. The molecule has 0 saturated carbocycles. The van der Waals surface area contributed by atoms with E-state index in [1.54, 1.807) is 6.07 Å². The second kappa shape index (κ2) is 6.15. The van der Waals surface area contributed by atoms with Crippen molar-refractivity contribution in [3.63, 3.8) is 0 Å². The number of hydrogen-bond acceptors (Lipinski definition) is 5. The maximum Gasteiger partial charge on any atom is 0.336 e. The lowest BCUT2D eigenvalue weighted by molar-refractivity contribution is 0.207. The van der Waals surface area contributed by atoms with Gasteiger partial charge in [0, 0.05) is 24.1 Å². The maximum atomic E-state index is 12.1. The third kappa shape index (κ3) is 3.00. The van der Waals surface area contributed by atoms with E-state index in [0.717, 1.165) is 47.4 Å². The Labute approximate surface area is 146 Å². The molecule has 1 aliphatic heterocycles. The molecule has 0 unspecified atom stereocenters. The van der Waals surface area contributed by atoms with Crippen molar-refractivity contribution >= 4 is 11.0 Å². The molecule has 0 amide bonds. The third-order valence-electron chi connectivity index (χ3n) is 4.97. The lowest BCUT2D eigenvalue weighted by Crippen LogP contribution is -2.23. The van der Waals surface area contributed by atoms with E-state index >= 15 is 0 Å². The van der Waals surface area contributed by atoms with Crippen LogP contribution in [0, 0.1) is 20.8 Å². The summed E-state index contributed by atoms with van der Waals surface area (Å²) in [7, 11) is 0. The minimum Gasteiger partial charge on any atom is -0.422 e. The van der Waals surface area contributed by atoms with Crippen molar-refractivity contribution in [2.75, 3.05) is 6.54 Å². The Bertz CT molecular complexity index is 986. The van der Waals surface area contributed by atoms with Crippen LogP contribution in [0.25, 0.3) is 11.0 Å². The van der Waals surface area contributed by atoms with Crippen LogP contribution in [0.1, 0.15) is 47.0 Å². The lowest BCUT2D eigenvalue weighted by Gasteiger charge is -2.23. The standard InChI is InChI=1S/C20H22N2O3/c1-12-7-13(2)20-16(8-12)15(10-19(23)24-20)11-22-6-4-5-17(22)18-9-14(3)21-25-18/h7-10,17H,4-6,11H2,1-3H3/t17-/m0/s1. The van der Waals surface area contributed by atoms with Crippen molar-refractivity contribution in [2.24, 2.45) is 0 Å². The van der Waals surface area contributed by atoms with Gasteiger partial charge in [-0.1, -0.05) is 11.2 Å². The summed E-state index contributed by atoms with van der Waals surface area (Å²) >= 11 is 0. The molecule has 0 N–H and O–H groups in total. The molecule has 130 valence electrons. The van der Waals surface area contributed by atoms with E-state index < -0.39 is 0 Å². The van der Waals surface area contributed by atoms with Gasteiger partial charge in [-0.3, -0.25) is 4.90 Å². The summed E-state index contributed by atoms with van der Waals surface area (Å²) < 4.78 is 11.0.